The minimum atomic E-state index is 0.460. The maximum atomic E-state index is 5.82. The Hall–Kier alpha value is -1.20. The first-order chi connectivity index (χ1) is 10.2. The molecule has 2 atom stereocenters. The second-order valence-corrected chi connectivity index (χ2v) is 6.42. The molecule has 2 bridgehead atoms. The first-order valence-corrected chi connectivity index (χ1v) is 8.02. The number of ether oxygens (including phenoxy) is 1. The van der Waals surface area contributed by atoms with Crippen LogP contribution in [-0.2, 0) is 11.2 Å². The second-order valence-electron chi connectivity index (χ2n) is 6.42. The van der Waals surface area contributed by atoms with E-state index in [1.54, 1.807) is 0 Å². The molecule has 0 amide bonds. The fourth-order valence-electron chi connectivity index (χ4n) is 3.43. The monoisotopic (exact) mass is 290 g/mol. The summed E-state index contributed by atoms with van der Waals surface area (Å²) in [5.74, 6) is 2.58. The number of hydrogen-bond acceptors (Lipinski definition) is 5. The molecular weight excluding hydrogens is 264 g/mol. The molecule has 0 radical (unpaired) electrons. The first kappa shape index (κ1) is 14.7. The van der Waals surface area contributed by atoms with Gasteiger partial charge in [-0.2, -0.15) is 0 Å². The average Bonchev–Trinajstić information content (AvgIpc) is 2.69. The predicted octanol–water partition coefficient (Wildman–Crippen LogP) is 1.50. The molecule has 2 aliphatic heterocycles. The average molecular weight is 290 g/mol. The molecule has 5 nitrogen and oxygen atoms in total. The van der Waals surface area contributed by atoms with Crippen LogP contribution in [0.5, 0.6) is 0 Å². The molecule has 21 heavy (non-hydrogen) atoms. The molecule has 2 saturated heterocycles. The van der Waals surface area contributed by atoms with Crippen LogP contribution in [0, 0.1) is 12.8 Å². The molecule has 3 heterocycles. The number of hydrogen-bond donors (Lipinski definition) is 0. The standard InChI is InChI=1S/C16H26N4O/c1-4-5-14-6-17-12(2)18-16(14)20-8-13-7-19(3)15(9-20)11-21-10-13/h6,13,15H,4-5,7-11H2,1-3H3/t13-,15+/m1/s1. The molecule has 1 aromatic heterocycles. The van der Waals surface area contributed by atoms with Gasteiger partial charge in [0.05, 0.1) is 19.3 Å². The van der Waals surface area contributed by atoms with Crippen LogP contribution in [0.25, 0.3) is 0 Å². The van der Waals surface area contributed by atoms with E-state index in [0.29, 0.717) is 12.0 Å². The summed E-state index contributed by atoms with van der Waals surface area (Å²) in [6.45, 7) is 9.04. The van der Waals surface area contributed by atoms with E-state index < -0.39 is 0 Å². The molecule has 116 valence electrons. The maximum absolute atomic E-state index is 5.82. The Morgan fingerprint density at radius 2 is 2.14 bits per heavy atom. The summed E-state index contributed by atoms with van der Waals surface area (Å²) in [4.78, 5) is 14.1. The second kappa shape index (κ2) is 6.28. The van der Waals surface area contributed by atoms with Crippen molar-refractivity contribution >= 4 is 5.82 Å². The van der Waals surface area contributed by atoms with Gasteiger partial charge in [0.25, 0.3) is 0 Å². The lowest BCUT2D eigenvalue weighted by Gasteiger charge is -2.31. The van der Waals surface area contributed by atoms with E-state index in [1.807, 2.05) is 13.1 Å². The number of likely N-dealkylation sites (N-methyl/N-ethyl adjacent to an activating group) is 1. The molecule has 0 unspecified atom stereocenters. The fourth-order valence-corrected chi connectivity index (χ4v) is 3.43. The van der Waals surface area contributed by atoms with Crippen molar-refractivity contribution in [2.75, 3.05) is 44.8 Å². The molecule has 2 aliphatic rings. The SMILES string of the molecule is CCCc1cnc(C)nc1N1C[C@@H]2COC[C@H](C1)N(C)C2. The Bertz CT molecular complexity index is 493. The van der Waals surface area contributed by atoms with E-state index in [2.05, 4.69) is 28.8 Å². The maximum Gasteiger partial charge on any atom is 0.135 e. The zero-order valence-electron chi connectivity index (χ0n) is 13.4. The van der Waals surface area contributed by atoms with E-state index in [0.717, 1.165) is 57.3 Å². The van der Waals surface area contributed by atoms with Crippen molar-refractivity contribution in [3.8, 4) is 0 Å². The van der Waals surface area contributed by atoms with E-state index in [9.17, 15) is 0 Å². The molecule has 0 aliphatic carbocycles. The van der Waals surface area contributed by atoms with E-state index >= 15 is 0 Å². The molecule has 3 rings (SSSR count). The zero-order valence-corrected chi connectivity index (χ0v) is 13.4. The number of nitrogens with zero attached hydrogens (tertiary/aromatic N) is 4. The summed E-state index contributed by atoms with van der Waals surface area (Å²) >= 11 is 0. The van der Waals surface area contributed by atoms with Gasteiger partial charge in [-0.1, -0.05) is 13.3 Å². The zero-order chi connectivity index (χ0) is 14.8. The highest BCUT2D eigenvalue weighted by Crippen LogP contribution is 2.25. The van der Waals surface area contributed by atoms with Crippen LogP contribution in [0.1, 0.15) is 24.7 Å². The normalized spacial score (nSPS) is 26.7. The van der Waals surface area contributed by atoms with Crippen LogP contribution in [-0.4, -0.2) is 60.8 Å². The van der Waals surface area contributed by atoms with E-state index in [-0.39, 0.29) is 0 Å². The number of aryl methyl sites for hydroxylation is 2. The molecule has 0 spiro atoms. The molecule has 0 aromatic carbocycles. The van der Waals surface area contributed by atoms with Gasteiger partial charge in [-0.3, -0.25) is 4.90 Å². The van der Waals surface area contributed by atoms with Crippen molar-refractivity contribution in [3.63, 3.8) is 0 Å². The number of anilines is 1. The molecular formula is C16H26N4O. The van der Waals surface area contributed by atoms with Gasteiger partial charge in [-0.15, -0.1) is 0 Å². The third kappa shape index (κ3) is 3.19. The number of aromatic nitrogens is 2. The van der Waals surface area contributed by atoms with E-state index in [4.69, 9.17) is 9.72 Å². The van der Waals surface area contributed by atoms with Gasteiger partial charge in [0, 0.05) is 37.3 Å². The van der Waals surface area contributed by atoms with Crippen molar-refractivity contribution < 1.29 is 4.74 Å². The Morgan fingerprint density at radius 3 is 2.95 bits per heavy atom. The topological polar surface area (TPSA) is 41.5 Å². The van der Waals surface area contributed by atoms with Crippen molar-refractivity contribution in [1.29, 1.82) is 0 Å². The quantitative estimate of drug-likeness (QED) is 0.844. The van der Waals surface area contributed by atoms with Gasteiger partial charge < -0.3 is 9.64 Å². The van der Waals surface area contributed by atoms with Gasteiger partial charge in [0.15, 0.2) is 0 Å². The van der Waals surface area contributed by atoms with Crippen LogP contribution < -0.4 is 4.90 Å². The lowest BCUT2D eigenvalue weighted by molar-refractivity contribution is 0.0929. The number of fused-ring (bicyclic) bond motifs is 3. The summed E-state index contributed by atoms with van der Waals surface area (Å²) in [7, 11) is 2.22. The minimum Gasteiger partial charge on any atom is -0.379 e. The smallest absolute Gasteiger partial charge is 0.135 e. The van der Waals surface area contributed by atoms with Gasteiger partial charge in [-0.25, -0.2) is 9.97 Å². The van der Waals surface area contributed by atoms with Gasteiger partial charge in [0.1, 0.15) is 11.6 Å². The lowest BCUT2D eigenvalue weighted by Crippen LogP contribution is -2.43. The van der Waals surface area contributed by atoms with Crippen LogP contribution >= 0.6 is 0 Å². The summed E-state index contributed by atoms with van der Waals surface area (Å²) in [5.41, 5.74) is 1.28. The van der Waals surface area contributed by atoms with E-state index in [1.165, 1.54) is 5.56 Å². The Balaban J connectivity index is 1.91. The largest absolute Gasteiger partial charge is 0.379 e. The molecule has 0 N–H and O–H groups in total. The number of rotatable bonds is 3. The van der Waals surface area contributed by atoms with Gasteiger partial charge in [-0.05, 0) is 20.4 Å². The summed E-state index contributed by atoms with van der Waals surface area (Å²) < 4.78 is 5.82. The molecule has 1 aromatic rings. The van der Waals surface area contributed by atoms with Crippen LogP contribution in [0.2, 0.25) is 0 Å². The summed E-state index contributed by atoms with van der Waals surface area (Å²) in [5, 5.41) is 0. The molecule has 5 heteroatoms. The van der Waals surface area contributed by atoms with Crippen molar-refractivity contribution in [3.05, 3.63) is 17.6 Å². The van der Waals surface area contributed by atoms with Gasteiger partial charge in [0.2, 0.25) is 0 Å². The fraction of sp³-hybridized carbons (Fsp3) is 0.750. The third-order valence-electron chi connectivity index (χ3n) is 4.52. The highest BCUT2D eigenvalue weighted by Gasteiger charge is 2.32. The summed E-state index contributed by atoms with van der Waals surface area (Å²) in [6, 6.07) is 0.460. The van der Waals surface area contributed by atoms with Crippen LogP contribution in [0.15, 0.2) is 6.20 Å². The van der Waals surface area contributed by atoms with Crippen molar-refractivity contribution in [1.82, 2.24) is 14.9 Å². The van der Waals surface area contributed by atoms with Crippen molar-refractivity contribution in [2.24, 2.45) is 5.92 Å². The molecule has 2 fully saturated rings. The van der Waals surface area contributed by atoms with Crippen LogP contribution in [0.3, 0.4) is 0 Å². The van der Waals surface area contributed by atoms with Crippen LogP contribution in [0.4, 0.5) is 5.82 Å². The highest BCUT2D eigenvalue weighted by atomic mass is 16.5. The predicted molar refractivity (Wildman–Crippen MR) is 83.7 cm³/mol. The lowest BCUT2D eigenvalue weighted by atomic mass is 10.1. The summed E-state index contributed by atoms with van der Waals surface area (Å²) in [6.07, 6.45) is 4.19. The minimum absolute atomic E-state index is 0.460. The van der Waals surface area contributed by atoms with Gasteiger partial charge >= 0.3 is 0 Å². The van der Waals surface area contributed by atoms with Crippen molar-refractivity contribution in [2.45, 2.75) is 32.7 Å². The highest BCUT2D eigenvalue weighted by molar-refractivity contribution is 5.47. The Kier molecular flexibility index (Phi) is 4.40. The first-order valence-electron chi connectivity index (χ1n) is 8.02. The Morgan fingerprint density at radius 1 is 1.29 bits per heavy atom. The molecule has 0 saturated carbocycles. The third-order valence-corrected chi connectivity index (χ3v) is 4.52. The Labute approximate surface area is 127 Å².